The zero-order chi connectivity index (χ0) is 15.2. The molecule has 2 aromatic carbocycles. The van der Waals surface area contributed by atoms with E-state index in [1.807, 2.05) is 43.3 Å². The van der Waals surface area contributed by atoms with Crippen LogP contribution < -0.4 is 4.74 Å². The molecule has 0 unspecified atom stereocenters. The van der Waals surface area contributed by atoms with Crippen LogP contribution in [0.1, 0.15) is 25.8 Å². The van der Waals surface area contributed by atoms with Gasteiger partial charge in [-0.25, -0.2) is 0 Å². The molecule has 0 amide bonds. The van der Waals surface area contributed by atoms with Crippen LogP contribution in [0.3, 0.4) is 0 Å². The number of halogens is 2. The summed E-state index contributed by atoms with van der Waals surface area (Å²) in [5.41, 5.74) is 1.72. The first-order chi connectivity index (χ1) is 10.1. The Balaban J connectivity index is 2.13. The molecule has 0 heterocycles. The summed E-state index contributed by atoms with van der Waals surface area (Å²) in [5.74, 6) is 0.700. The SMILES string of the molecule is CC[C@H](C)Oc1ccc(C=Nc2cccc(Cl)c2)cc1Cl. The van der Waals surface area contributed by atoms with Gasteiger partial charge in [0.15, 0.2) is 0 Å². The molecule has 2 nitrogen and oxygen atoms in total. The van der Waals surface area contributed by atoms with E-state index in [1.54, 1.807) is 12.3 Å². The molecular formula is C17H17Cl2NO. The zero-order valence-corrected chi connectivity index (χ0v) is 13.5. The molecule has 110 valence electrons. The highest BCUT2D eigenvalue weighted by Gasteiger charge is 2.06. The summed E-state index contributed by atoms with van der Waals surface area (Å²) >= 11 is 12.2. The Morgan fingerprint density at radius 3 is 2.67 bits per heavy atom. The second kappa shape index (κ2) is 7.48. The summed E-state index contributed by atoms with van der Waals surface area (Å²) in [6.45, 7) is 4.09. The lowest BCUT2D eigenvalue weighted by Gasteiger charge is -2.13. The van der Waals surface area contributed by atoms with Crippen molar-refractivity contribution in [1.82, 2.24) is 0 Å². The minimum Gasteiger partial charge on any atom is -0.489 e. The normalized spacial score (nSPS) is 12.6. The molecule has 0 bridgehead atoms. The van der Waals surface area contributed by atoms with Crippen molar-refractivity contribution >= 4 is 35.1 Å². The maximum atomic E-state index is 6.23. The van der Waals surface area contributed by atoms with Crippen LogP contribution in [0.25, 0.3) is 0 Å². The number of benzene rings is 2. The van der Waals surface area contributed by atoms with E-state index < -0.39 is 0 Å². The van der Waals surface area contributed by atoms with Crippen molar-refractivity contribution in [3.05, 3.63) is 58.1 Å². The average Bonchev–Trinajstić information content (AvgIpc) is 2.47. The Morgan fingerprint density at radius 2 is 2.00 bits per heavy atom. The minimum atomic E-state index is 0.147. The Morgan fingerprint density at radius 1 is 1.19 bits per heavy atom. The van der Waals surface area contributed by atoms with E-state index in [-0.39, 0.29) is 6.10 Å². The molecule has 0 saturated heterocycles. The van der Waals surface area contributed by atoms with Crippen molar-refractivity contribution in [3.8, 4) is 5.75 Å². The van der Waals surface area contributed by atoms with Crippen molar-refractivity contribution in [2.24, 2.45) is 4.99 Å². The third-order valence-corrected chi connectivity index (χ3v) is 3.56. The molecule has 21 heavy (non-hydrogen) atoms. The molecule has 0 radical (unpaired) electrons. The van der Waals surface area contributed by atoms with Gasteiger partial charge in [-0.05, 0) is 55.3 Å². The number of rotatable bonds is 5. The molecule has 1 atom stereocenters. The summed E-state index contributed by atoms with van der Waals surface area (Å²) in [5, 5.41) is 1.25. The molecule has 2 aromatic rings. The number of aliphatic imine (C=N–C) groups is 1. The highest BCUT2D eigenvalue weighted by molar-refractivity contribution is 6.32. The van der Waals surface area contributed by atoms with Gasteiger partial charge in [-0.15, -0.1) is 0 Å². The van der Waals surface area contributed by atoms with Crippen molar-refractivity contribution in [2.75, 3.05) is 0 Å². The first-order valence-electron chi connectivity index (χ1n) is 6.84. The molecule has 0 saturated carbocycles. The van der Waals surface area contributed by atoms with Crippen LogP contribution >= 0.6 is 23.2 Å². The Hall–Kier alpha value is -1.51. The van der Waals surface area contributed by atoms with Gasteiger partial charge >= 0.3 is 0 Å². The van der Waals surface area contributed by atoms with Gasteiger partial charge in [0, 0.05) is 11.2 Å². The molecule has 0 fully saturated rings. The van der Waals surface area contributed by atoms with E-state index in [0.717, 1.165) is 17.7 Å². The first-order valence-corrected chi connectivity index (χ1v) is 7.60. The van der Waals surface area contributed by atoms with E-state index in [2.05, 4.69) is 11.9 Å². The Kier molecular flexibility index (Phi) is 5.66. The van der Waals surface area contributed by atoms with Gasteiger partial charge in [-0.2, -0.15) is 0 Å². The number of hydrogen-bond acceptors (Lipinski definition) is 2. The summed E-state index contributed by atoms with van der Waals surface area (Å²) < 4.78 is 5.73. The molecule has 2 rings (SSSR count). The Bertz CT molecular complexity index is 640. The van der Waals surface area contributed by atoms with E-state index in [1.165, 1.54) is 0 Å². The summed E-state index contributed by atoms with van der Waals surface area (Å²) in [6.07, 6.45) is 2.84. The van der Waals surface area contributed by atoms with Crippen LogP contribution in [0.4, 0.5) is 5.69 Å². The predicted molar refractivity (Wildman–Crippen MR) is 90.5 cm³/mol. The van der Waals surface area contributed by atoms with Gasteiger partial charge < -0.3 is 4.74 Å². The number of nitrogens with zero attached hydrogens (tertiary/aromatic N) is 1. The third-order valence-electron chi connectivity index (χ3n) is 3.03. The van der Waals surface area contributed by atoms with Crippen LogP contribution in [-0.4, -0.2) is 12.3 Å². The molecule has 0 N–H and O–H groups in total. The van der Waals surface area contributed by atoms with Gasteiger partial charge in [-0.1, -0.05) is 36.2 Å². The van der Waals surface area contributed by atoms with E-state index in [9.17, 15) is 0 Å². The molecule has 0 aliphatic carbocycles. The third kappa shape index (κ3) is 4.76. The van der Waals surface area contributed by atoms with Gasteiger partial charge in [0.25, 0.3) is 0 Å². The quantitative estimate of drug-likeness (QED) is 0.626. The van der Waals surface area contributed by atoms with Crippen molar-refractivity contribution < 1.29 is 4.74 Å². The number of ether oxygens (including phenoxy) is 1. The summed E-state index contributed by atoms with van der Waals surface area (Å²) in [4.78, 5) is 4.38. The van der Waals surface area contributed by atoms with Crippen LogP contribution in [0.2, 0.25) is 10.0 Å². The second-order valence-corrected chi connectivity index (χ2v) is 5.61. The largest absolute Gasteiger partial charge is 0.489 e. The van der Waals surface area contributed by atoms with Crippen LogP contribution in [0.15, 0.2) is 47.5 Å². The molecule has 0 aromatic heterocycles. The Labute approximate surface area is 135 Å². The van der Waals surface area contributed by atoms with Crippen molar-refractivity contribution in [1.29, 1.82) is 0 Å². The highest BCUT2D eigenvalue weighted by atomic mass is 35.5. The van der Waals surface area contributed by atoms with Gasteiger partial charge in [-0.3, -0.25) is 4.99 Å². The lowest BCUT2D eigenvalue weighted by Crippen LogP contribution is -2.09. The molecular weight excluding hydrogens is 305 g/mol. The van der Waals surface area contributed by atoms with Crippen LogP contribution in [0, 0.1) is 0 Å². The fourth-order valence-electron chi connectivity index (χ4n) is 1.70. The van der Waals surface area contributed by atoms with Crippen LogP contribution in [0.5, 0.6) is 5.75 Å². The van der Waals surface area contributed by atoms with Crippen LogP contribution in [-0.2, 0) is 0 Å². The van der Waals surface area contributed by atoms with Crippen molar-refractivity contribution in [2.45, 2.75) is 26.4 Å². The minimum absolute atomic E-state index is 0.147. The van der Waals surface area contributed by atoms with Gasteiger partial charge in [0.2, 0.25) is 0 Å². The summed E-state index contributed by atoms with van der Waals surface area (Å²) in [6, 6.07) is 13.0. The molecule has 0 aliphatic heterocycles. The maximum absolute atomic E-state index is 6.23. The van der Waals surface area contributed by atoms with E-state index >= 15 is 0 Å². The highest BCUT2D eigenvalue weighted by Crippen LogP contribution is 2.26. The average molecular weight is 322 g/mol. The predicted octanol–water partition coefficient (Wildman–Crippen LogP) is 5.92. The maximum Gasteiger partial charge on any atom is 0.138 e. The van der Waals surface area contributed by atoms with E-state index in [0.29, 0.717) is 15.8 Å². The molecule has 0 spiro atoms. The molecule has 4 heteroatoms. The first kappa shape index (κ1) is 15.9. The fraction of sp³-hybridized carbons (Fsp3) is 0.235. The monoisotopic (exact) mass is 321 g/mol. The topological polar surface area (TPSA) is 21.6 Å². The lowest BCUT2D eigenvalue weighted by molar-refractivity contribution is 0.217. The summed E-state index contributed by atoms with van der Waals surface area (Å²) in [7, 11) is 0. The standard InChI is InChI=1S/C17H17Cl2NO/c1-3-12(2)21-17-8-7-13(9-16(17)19)11-20-15-6-4-5-14(18)10-15/h4-12H,3H2,1-2H3/t12-/m0/s1. The van der Waals surface area contributed by atoms with E-state index in [4.69, 9.17) is 27.9 Å². The number of hydrogen-bond donors (Lipinski definition) is 0. The van der Waals surface area contributed by atoms with Gasteiger partial charge in [0.05, 0.1) is 16.8 Å². The molecule has 0 aliphatic rings. The van der Waals surface area contributed by atoms with Crippen molar-refractivity contribution in [3.63, 3.8) is 0 Å². The lowest BCUT2D eigenvalue weighted by atomic mass is 10.2. The fourth-order valence-corrected chi connectivity index (χ4v) is 2.12. The zero-order valence-electron chi connectivity index (χ0n) is 12.0. The second-order valence-electron chi connectivity index (χ2n) is 4.76. The van der Waals surface area contributed by atoms with Gasteiger partial charge in [0.1, 0.15) is 5.75 Å². The smallest absolute Gasteiger partial charge is 0.138 e.